The monoisotopic (exact) mass is 673 g/mol. The second kappa shape index (κ2) is 15.6. The molecule has 0 N–H and O–H groups in total. The Kier molecular flexibility index (Phi) is 13.9. The second-order valence-corrected chi connectivity index (χ2v) is 24.6. The van der Waals surface area contributed by atoms with Gasteiger partial charge < -0.3 is 0 Å². The Hall–Kier alpha value is -1.56. The highest BCUT2D eigenvalue weighted by Crippen LogP contribution is 2.61. The largest absolute Gasteiger partial charge is 0.0622 e. The average Bonchev–Trinajstić information content (AvgIpc) is 2.77. The first-order valence-corrected chi connectivity index (χ1v) is 19.9. The third-order valence-corrected chi connectivity index (χ3v) is 9.78. The lowest BCUT2D eigenvalue weighted by Gasteiger charge is -2.55. The highest BCUT2D eigenvalue weighted by Gasteiger charge is 2.51. The summed E-state index contributed by atoms with van der Waals surface area (Å²) in [5.74, 6) is 0. The van der Waals surface area contributed by atoms with E-state index in [0.717, 1.165) is 12.8 Å². The van der Waals surface area contributed by atoms with Crippen LogP contribution in [0.15, 0.2) is 60.7 Å². The number of benzene rings is 2. The maximum atomic E-state index is 2.51. The molecule has 0 aliphatic rings. The predicted octanol–water partition coefficient (Wildman–Crippen LogP) is 15.8. The van der Waals surface area contributed by atoms with Gasteiger partial charge in [0, 0.05) is 0 Å². The zero-order chi connectivity index (χ0) is 37.8. The van der Waals surface area contributed by atoms with Gasteiger partial charge in [0.15, 0.2) is 0 Å². The van der Waals surface area contributed by atoms with E-state index in [1.807, 2.05) is 0 Å². The maximum absolute atomic E-state index is 2.51. The zero-order valence-electron chi connectivity index (χ0n) is 36.3. The van der Waals surface area contributed by atoms with E-state index in [4.69, 9.17) is 0 Å². The molecule has 49 heavy (non-hydrogen) atoms. The summed E-state index contributed by atoms with van der Waals surface area (Å²) in [6.45, 7) is 45.1. The summed E-state index contributed by atoms with van der Waals surface area (Å²) in [4.78, 5) is 0. The molecule has 0 aliphatic heterocycles. The van der Waals surface area contributed by atoms with E-state index in [1.54, 1.807) is 0 Å². The van der Waals surface area contributed by atoms with Gasteiger partial charge in [-0.3, -0.25) is 0 Å². The lowest BCUT2D eigenvalue weighted by Crippen LogP contribution is -2.46. The molecule has 280 valence electrons. The number of hydrogen-bond acceptors (Lipinski definition) is 0. The Bertz CT molecular complexity index is 1050. The van der Waals surface area contributed by atoms with Gasteiger partial charge in [0.1, 0.15) is 0 Å². The van der Waals surface area contributed by atoms with Crippen LogP contribution in [0.2, 0.25) is 0 Å². The molecule has 0 nitrogen and oxygen atoms in total. The molecule has 0 saturated carbocycles. The highest BCUT2D eigenvalue weighted by molar-refractivity contribution is 5.22. The van der Waals surface area contributed by atoms with E-state index in [-0.39, 0.29) is 48.7 Å². The minimum Gasteiger partial charge on any atom is -0.0622 e. The van der Waals surface area contributed by atoms with Gasteiger partial charge in [-0.1, -0.05) is 185 Å². The molecule has 0 atom stereocenters. The van der Waals surface area contributed by atoms with Gasteiger partial charge in [0.2, 0.25) is 0 Å². The van der Waals surface area contributed by atoms with E-state index in [2.05, 4.69) is 185 Å². The van der Waals surface area contributed by atoms with Crippen molar-refractivity contribution in [1.82, 2.24) is 0 Å². The molecule has 0 fully saturated rings. The topological polar surface area (TPSA) is 0 Å². The first-order valence-electron chi connectivity index (χ1n) is 19.9. The summed E-state index contributed by atoms with van der Waals surface area (Å²) in [7, 11) is 0. The van der Waals surface area contributed by atoms with Gasteiger partial charge in [-0.25, -0.2) is 0 Å². The molecule has 0 heteroatoms. The van der Waals surface area contributed by atoms with Crippen molar-refractivity contribution in [3.05, 3.63) is 71.8 Å². The number of hydrogen-bond donors (Lipinski definition) is 0. The molecular formula is C49H84. The van der Waals surface area contributed by atoms with Gasteiger partial charge in [-0.05, 0) is 124 Å². The zero-order valence-corrected chi connectivity index (χ0v) is 36.3. The quantitative estimate of drug-likeness (QED) is 0.187. The molecule has 0 amide bonds. The Balaban J connectivity index is 3.14. The fourth-order valence-corrected chi connectivity index (χ4v) is 11.5. The van der Waals surface area contributed by atoms with Crippen LogP contribution in [0.3, 0.4) is 0 Å². The predicted molar refractivity (Wildman–Crippen MR) is 221 cm³/mol. The van der Waals surface area contributed by atoms with Gasteiger partial charge in [-0.2, -0.15) is 0 Å². The van der Waals surface area contributed by atoms with Crippen molar-refractivity contribution in [2.24, 2.45) is 48.7 Å². The van der Waals surface area contributed by atoms with Crippen LogP contribution < -0.4 is 0 Å². The van der Waals surface area contributed by atoms with Crippen molar-refractivity contribution in [3.63, 3.8) is 0 Å². The third-order valence-electron chi connectivity index (χ3n) is 9.78. The lowest BCUT2D eigenvalue weighted by atomic mass is 9.49. The van der Waals surface area contributed by atoms with E-state index >= 15 is 0 Å². The molecule has 2 aromatic carbocycles. The summed E-state index contributed by atoms with van der Waals surface area (Å²) in [5.41, 5.74) is 4.93. The first kappa shape index (κ1) is 43.6. The maximum Gasteiger partial charge on any atom is -0.0206 e. The van der Waals surface area contributed by atoms with Crippen LogP contribution in [-0.4, -0.2) is 0 Å². The number of rotatable bonds is 14. The Labute approximate surface area is 308 Å². The molecule has 0 radical (unpaired) electrons. The van der Waals surface area contributed by atoms with Crippen molar-refractivity contribution in [1.29, 1.82) is 0 Å². The van der Waals surface area contributed by atoms with Gasteiger partial charge in [-0.15, -0.1) is 0 Å². The molecule has 0 aliphatic carbocycles. The summed E-state index contributed by atoms with van der Waals surface area (Å²) < 4.78 is 0. The third kappa shape index (κ3) is 17.5. The molecule has 2 rings (SSSR count). The van der Waals surface area contributed by atoms with Gasteiger partial charge in [0.25, 0.3) is 0 Å². The first-order chi connectivity index (χ1) is 21.8. The van der Waals surface area contributed by atoms with Crippen molar-refractivity contribution in [2.75, 3.05) is 0 Å². The fraction of sp³-hybridized carbons (Fsp3) is 0.755. The summed E-state index contributed by atoms with van der Waals surface area (Å²) in [5, 5.41) is 0. The normalized spacial score (nSPS) is 14.7. The van der Waals surface area contributed by atoms with Crippen LogP contribution in [0.4, 0.5) is 0 Å². The summed E-state index contributed by atoms with van der Waals surface area (Å²) >= 11 is 0. The SMILES string of the molecule is CC(C)(C)CC(CC(C)(C)C)(CC(C)(C)C)CC(Cc1ccccc1)(Cc1ccccc1)CC(CC(C)(C)C)(CC(C)(C)C)CC(C)(C)C. The van der Waals surface area contributed by atoms with Crippen molar-refractivity contribution < 1.29 is 0 Å². The van der Waals surface area contributed by atoms with E-state index < -0.39 is 0 Å². The van der Waals surface area contributed by atoms with Crippen molar-refractivity contribution in [3.8, 4) is 0 Å². The van der Waals surface area contributed by atoms with E-state index in [9.17, 15) is 0 Å². The van der Waals surface area contributed by atoms with E-state index in [1.165, 1.54) is 62.5 Å². The van der Waals surface area contributed by atoms with Crippen LogP contribution >= 0.6 is 0 Å². The minimum atomic E-state index is 0.0895. The molecule has 0 aromatic heterocycles. The Morgan fingerprint density at radius 1 is 0.265 bits per heavy atom. The highest BCUT2D eigenvalue weighted by atomic mass is 14.6. The summed E-state index contributed by atoms with van der Waals surface area (Å²) in [6.07, 6.45) is 12.3. The summed E-state index contributed by atoms with van der Waals surface area (Å²) in [6, 6.07) is 23.2. The van der Waals surface area contributed by atoms with Gasteiger partial charge in [0.05, 0.1) is 0 Å². The minimum absolute atomic E-state index is 0.0895. The van der Waals surface area contributed by atoms with E-state index in [0.29, 0.717) is 0 Å². The van der Waals surface area contributed by atoms with Crippen LogP contribution in [0, 0.1) is 48.7 Å². The van der Waals surface area contributed by atoms with Crippen LogP contribution in [0.1, 0.15) is 187 Å². The Morgan fingerprint density at radius 2 is 0.469 bits per heavy atom. The molecule has 0 unspecified atom stereocenters. The molecule has 2 aromatic rings. The smallest absolute Gasteiger partial charge is 0.0206 e. The van der Waals surface area contributed by atoms with Crippen molar-refractivity contribution >= 4 is 0 Å². The Morgan fingerprint density at radius 3 is 0.653 bits per heavy atom. The fourth-order valence-electron chi connectivity index (χ4n) is 11.5. The molecule has 0 heterocycles. The molecular weight excluding hydrogens is 589 g/mol. The average molecular weight is 673 g/mol. The second-order valence-electron chi connectivity index (χ2n) is 24.6. The van der Waals surface area contributed by atoms with Gasteiger partial charge >= 0.3 is 0 Å². The molecule has 0 spiro atoms. The van der Waals surface area contributed by atoms with Crippen LogP contribution in [0.5, 0.6) is 0 Å². The standard InChI is InChI=1S/C49H84/c1-41(2,3)31-48(32-42(4,5)6,33-43(7,8)9)37-47(29-39-25-21-19-22-26-39,30-40-27-23-20-24-28-40)38-49(34-44(10,11)12,35-45(13,14)15)36-46(16,17)18/h19-28H,29-38H2,1-18H3. The lowest BCUT2D eigenvalue weighted by molar-refractivity contribution is -0.0401. The molecule has 0 saturated heterocycles. The van der Waals surface area contributed by atoms with Crippen LogP contribution in [0.25, 0.3) is 0 Å². The van der Waals surface area contributed by atoms with Crippen LogP contribution in [-0.2, 0) is 12.8 Å². The molecule has 0 bridgehead atoms. The van der Waals surface area contributed by atoms with Crippen molar-refractivity contribution in [2.45, 2.75) is 189 Å².